The molecule has 2 rings (SSSR count). The number of ether oxygens (including phenoxy) is 1. The minimum atomic E-state index is -3.67. The van der Waals surface area contributed by atoms with Gasteiger partial charge in [-0.3, -0.25) is 4.79 Å². The molecule has 1 N–H and O–H groups in total. The zero-order chi connectivity index (χ0) is 24.1. The molecule has 0 radical (unpaired) electrons. The number of esters is 1. The summed E-state index contributed by atoms with van der Waals surface area (Å²) in [5.41, 5.74) is 2.05. The van der Waals surface area contributed by atoms with Crippen molar-refractivity contribution in [3.63, 3.8) is 0 Å². The second kappa shape index (κ2) is 14.4. The molecule has 0 aliphatic heterocycles. The molecule has 5 nitrogen and oxygen atoms in total. The predicted molar refractivity (Wildman–Crippen MR) is 134 cm³/mol. The van der Waals surface area contributed by atoms with Crippen LogP contribution in [0.5, 0.6) is 0 Å². The maximum Gasteiger partial charge on any atom is 0.305 e. The first-order valence-electron chi connectivity index (χ1n) is 11.8. The van der Waals surface area contributed by atoms with Crippen LogP contribution in [0, 0.1) is 0 Å². The highest BCUT2D eigenvalue weighted by Crippen LogP contribution is 2.25. The van der Waals surface area contributed by atoms with Crippen molar-refractivity contribution in [2.45, 2.75) is 82.1 Å². The van der Waals surface area contributed by atoms with Gasteiger partial charge in [-0.1, -0.05) is 81.3 Å². The van der Waals surface area contributed by atoms with Gasteiger partial charge in [-0.05, 0) is 54.7 Å². The molecule has 0 amide bonds. The van der Waals surface area contributed by atoms with E-state index in [9.17, 15) is 13.2 Å². The third-order valence-corrected chi connectivity index (χ3v) is 7.46. The summed E-state index contributed by atoms with van der Waals surface area (Å²) in [4.78, 5) is 11.5. The molecular weight excluding hydrogens is 458 g/mol. The highest BCUT2D eigenvalue weighted by molar-refractivity contribution is 7.89. The van der Waals surface area contributed by atoms with E-state index in [4.69, 9.17) is 11.6 Å². The van der Waals surface area contributed by atoms with Crippen molar-refractivity contribution < 1.29 is 17.9 Å². The molecule has 1 unspecified atom stereocenters. The van der Waals surface area contributed by atoms with Crippen molar-refractivity contribution in [2.24, 2.45) is 0 Å². The number of aryl methyl sites for hydroxylation is 1. The van der Waals surface area contributed by atoms with Gasteiger partial charge >= 0.3 is 5.97 Å². The van der Waals surface area contributed by atoms with Crippen LogP contribution in [0.4, 0.5) is 0 Å². The van der Waals surface area contributed by atoms with Gasteiger partial charge in [0.15, 0.2) is 0 Å². The number of sulfonamides is 1. The van der Waals surface area contributed by atoms with Crippen molar-refractivity contribution in [1.29, 1.82) is 0 Å². The zero-order valence-corrected chi connectivity index (χ0v) is 21.3. The van der Waals surface area contributed by atoms with Crippen LogP contribution in [0.2, 0.25) is 5.02 Å². The van der Waals surface area contributed by atoms with E-state index in [1.54, 1.807) is 12.1 Å². The first-order chi connectivity index (χ1) is 15.9. The van der Waals surface area contributed by atoms with E-state index < -0.39 is 10.0 Å². The number of halogens is 1. The second-order valence-electron chi connectivity index (χ2n) is 8.36. The summed E-state index contributed by atoms with van der Waals surface area (Å²) in [6, 6.07) is 13.9. The fourth-order valence-corrected chi connectivity index (χ4v) is 5.13. The number of carbonyl (C=O) groups excluding carboxylic acids is 1. The van der Waals surface area contributed by atoms with Crippen LogP contribution in [0.15, 0.2) is 53.4 Å². The van der Waals surface area contributed by atoms with Gasteiger partial charge in [0.2, 0.25) is 10.0 Å². The Morgan fingerprint density at radius 1 is 0.939 bits per heavy atom. The van der Waals surface area contributed by atoms with Crippen molar-refractivity contribution >= 4 is 27.6 Å². The Balaban J connectivity index is 2.07. The molecule has 0 aliphatic rings. The number of carbonyl (C=O) groups is 1. The van der Waals surface area contributed by atoms with Gasteiger partial charge in [0, 0.05) is 17.5 Å². The third-order valence-electron chi connectivity index (χ3n) is 5.72. The molecule has 2 aromatic carbocycles. The van der Waals surface area contributed by atoms with E-state index in [-0.39, 0.29) is 16.9 Å². The summed E-state index contributed by atoms with van der Waals surface area (Å²) in [5.74, 6) is -0.206. The highest BCUT2D eigenvalue weighted by atomic mass is 35.5. The number of methoxy groups -OCH3 is 1. The van der Waals surface area contributed by atoms with Crippen LogP contribution in [-0.4, -0.2) is 21.5 Å². The molecule has 0 saturated heterocycles. The molecule has 1 atom stereocenters. The predicted octanol–water partition coefficient (Wildman–Crippen LogP) is 6.61. The van der Waals surface area contributed by atoms with Crippen LogP contribution in [0.1, 0.15) is 81.9 Å². The lowest BCUT2D eigenvalue weighted by Gasteiger charge is -2.20. The van der Waals surface area contributed by atoms with Crippen LogP contribution in [-0.2, 0) is 26.0 Å². The first kappa shape index (κ1) is 27.4. The molecule has 2 aromatic rings. The minimum absolute atomic E-state index is 0.206. The number of hydrogen-bond donors (Lipinski definition) is 1. The van der Waals surface area contributed by atoms with Crippen LogP contribution in [0.3, 0.4) is 0 Å². The zero-order valence-electron chi connectivity index (χ0n) is 19.7. The molecule has 0 aliphatic carbocycles. The lowest BCUT2D eigenvalue weighted by molar-refractivity contribution is -0.140. The summed E-state index contributed by atoms with van der Waals surface area (Å²) < 4.78 is 33.6. The van der Waals surface area contributed by atoms with Gasteiger partial charge in [0.05, 0.1) is 12.0 Å². The van der Waals surface area contributed by atoms with E-state index in [0.29, 0.717) is 11.4 Å². The van der Waals surface area contributed by atoms with E-state index >= 15 is 0 Å². The molecule has 0 bridgehead atoms. The maximum absolute atomic E-state index is 13.0. The summed E-state index contributed by atoms with van der Waals surface area (Å²) >= 11 is 5.92. The van der Waals surface area contributed by atoms with Crippen LogP contribution >= 0.6 is 11.6 Å². The monoisotopic (exact) mass is 493 g/mol. The maximum atomic E-state index is 13.0. The first-order valence-corrected chi connectivity index (χ1v) is 13.7. The Labute approximate surface area is 203 Å². The largest absolute Gasteiger partial charge is 0.469 e. The number of rotatable bonds is 15. The van der Waals surface area contributed by atoms with Gasteiger partial charge in [-0.15, -0.1) is 0 Å². The average Bonchev–Trinajstić information content (AvgIpc) is 2.81. The van der Waals surface area contributed by atoms with E-state index in [1.165, 1.54) is 44.9 Å². The Morgan fingerprint density at radius 3 is 2.21 bits per heavy atom. The molecule has 0 saturated carbocycles. The molecule has 7 heteroatoms. The lowest BCUT2D eigenvalue weighted by Crippen LogP contribution is -2.28. The Hall–Kier alpha value is -1.89. The molecule has 0 fully saturated rings. The van der Waals surface area contributed by atoms with Crippen LogP contribution in [0.25, 0.3) is 0 Å². The summed E-state index contributed by atoms with van der Waals surface area (Å²) in [5, 5.41) is 0.500. The number of benzene rings is 2. The van der Waals surface area contributed by atoms with Gasteiger partial charge in [-0.2, -0.15) is 0 Å². The standard InChI is InChI=1S/C26H36ClNO4S/c1-3-4-5-6-7-8-11-25(28-33(30,31)24-19-17-23(27)18-20-24)22-15-13-21(14-16-22)10-9-12-26(29)32-2/h13-20,25,28H,3-12H2,1-2H3. The molecule has 0 spiro atoms. The fourth-order valence-electron chi connectivity index (χ4n) is 3.75. The number of hydrogen-bond acceptors (Lipinski definition) is 4. The molecule has 182 valence electrons. The molecule has 0 heterocycles. The molecular formula is C26H36ClNO4S. The van der Waals surface area contributed by atoms with Crippen molar-refractivity contribution in [2.75, 3.05) is 7.11 Å². The molecule has 0 aromatic heterocycles. The van der Waals surface area contributed by atoms with Crippen molar-refractivity contribution in [3.05, 3.63) is 64.7 Å². The number of unbranched alkanes of at least 4 members (excludes halogenated alkanes) is 5. The summed E-state index contributed by atoms with van der Waals surface area (Å²) in [6.45, 7) is 2.20. The minimum Gasteiger partial charge on any atom is -0.469 e. The van der Waals surface area contributed by atoms with Crippen molar-refractivity contribution in [1.82, 2.24) is 4.72 Å². The second-order valence-corrected chi connectivity index (χ2v) is 10.5. The van der Waals surface area contributed by atoms with E-state index in [2.05, 4.69) is 16.4 Å². The number of nitrogens with one attached hydrogen (secondary N) is 1. The summed E-state index contributed by atoms with van der Waals surface area (Å²) in [7, 11) is -2.28. The third kappa shape index (κ3) is 9.86. The highest BCUT2D eigenvalue weighted by Gasteiger charge is 2.21. The normalized spacial score (nSPS) is 12.5. The Bertz CT molecular complexity index is 943. The molecule has 33 heavy (non-hydrogen) atoms. The van der Waals surface area contributed by atoms with Crippen LogP contribution < -0.4 is 4.72 Å². The smallest absolute Gasteiger partial charge is 0.305 e. The van der Waals surface area contributed by atoms with Crippen molar-refractivity contribution in [3.8, 4) is 0 Å². The lowest BCUT2D eigenvalue weighted by atomic mass is 9.98. The van der Waals surface area contributed by atoms with Gasteiger partial charge in [0.1, 0.15) is 0 Å². The average molecular weight is 494 g/mol. The Morgan fingerprint density at radius 2 is 1.58 bits per heavy atom. The Kier molecular flexibility index (Phi) is 11.9. The topological polar surface area (TPSA) is 72.5 Å². The van der Waals surface area contributed by atoms with Gasteiger partial charge in [0.25, 0.3) is 0 Å². The van der Waals surface area contributed by atoms with Gasteiger partial charge in [-0.25, -0.2) is 13.1 Å². The summed E-state index contributed by atoms with van der Waals surface area (Å²) in [6.07, 6.45) is 9.50. The SMILES string of the molecule is CCCCCCCCC(NS(=O)(=O)c1ccc(Cl)cc1)c1ccc(CCCC(=O)OC)cc1. The quantitative estimate of drug-likeness (QED) is 0.224. The fraction of sp³-hybridized carbons (Fsp3) is 0.500. The van der Waals surface area contributed by atoms with E-state index in [1.807, 2.05) is 24.3 Å². The van der Waals surface area contributed by atoms with Gasteiger partial charge < -0.3 is 4.74 Å². The van der Waals surface area contributed by atoms with E-state index in [0.717, 1.165) is 43.2 Å².